The molecule has 102 valence electrons. The molecule has 1 aromatic heterocycles. The van der Waals surface area contributed by atoms with Gasteiger partial charge in [0.15, 0.2) is 0 Å². The SMILES string of the molecule is CCCc1nn(C)c(NC(C)CCO)c1[N+](=O)[O-]. The maximum Gasteiger partial charge on any atom is 0.333 e. The molecule has 0 radical (unpaired) electrons. The Morgan fingerprint density at radius 2 is 2.28 bits per heavy atom. The Hall–Kier alpha value is -1.63. The Labute approximate surface area is 106 Å². The molecule has 0 amide bonds. The van der Waals surface area contributed by atoms with Crippen molar-refractivity contribution in [2.75, 3.05) is 11.9 Å². The average molecular weight is 256 g/mol. The van der Waals surface area contributed by atoms with E-state index in [2.05, 4.69) is 10.4 Å². The average Bonchev–Trinajstić information content (AvgIpc) is 2.56. The Morgan fingerprint density at radius 1 is 1.61 bits per heavy atom. The monoisotopic (exact) mass is 256 g/mol. The molecule has 0 bridgehead atoms. The molecule has 1 aromatic rings. The van der Waals surface area contributed by atoms with Gasteiger partial charge in [0.25, 0.3) is 0 Å². The molecule has 7 heteroatoms. The fraction of sp³-hybridized carbons (Fsp3) is 0.727. The van der Waals surface area contributed by atoms with E-state index in [1.165, 1.54) is 4.68 Å². The van der Waals surface area contributed by atoms with Gasteiger partial charge in [-0.05, 0) is 19.8 Å². The summed E-state index contributed by atoms with van der Waals surface area (Å²) in [4.78, 5) is 10.7. The van der Waals surface area contributed by atoms with Gasteiger partial charge in [-0.2, -0.15) is 5.10 Å². The highest BCUT2D eigenvalue weighted by Crippen LogP contribution is 2.29. The van der Waals surface area contributed by atoms with Gasteiger partial charge in [-0.25, -0.2) is 4.68 Å². The lowest BCUT2D eigenvalue weighted by molar-refractivity contribution is -0.384. The maximum atomic E-state index is 11.1. The summed E-state index contributed by atoms with van der Waals surface area (Å²) in [6, 6.07) is -0.0430. The van der Waals surface area contributed by atoms with Crippen molar-refractivity contribution in [1.82, 2.24) is 9.78 Å². The van der Waals surface area contributed by atoms with Crippen LogP contribution in [0.25, 0.3) is 0 Å². The number of hydrogen-bond acceptors (Lipinski definition) is 5. The number of nitro groups is 1. The van der Waals surface area contributed by atoms with Gasteiger partial charge in [0.2, 0.25) is 5.82 Å². The van der Waals surface area contributed by atoms with Crippen molar-refractivity contribution in [3.63, 3.8) is 0 Å². The normalized spacial score (nSPS) is 12.4. The zero-order valence-electron chi connectivity index (χ0n) is 11.0. The molecule has 0 saturated carbocycles. The van der Waals surface area contributed by atoms with Crippen LogP contribution < -0.4 is 5.32 Å². The molecule has 0 saturated heterocycles. The van der Waals surface area contributed by atoms with Gasteiger partial charge in [-0.3, -0.25) is 10.1 Å². The molecular weight excluding hydrogens is 236 g/mol. The van der Waals surface area contributed by atoms with Gasteiger partial charge in [-0.15, -0.1) is 0 Å². The maximum absolute atomic E-state index is 11.1. The first-order valence-electron chi connectivity index (χ1n) is 6.08. The van der Waals surface area contributed by atoms with E-state index in [1.807, 2.05) is 13.8 Å². The summed E-state index contributed by atoms with van der Waals surface area (Å²) >= 11 is 0. The van der Waals surface area contributed by atoms with Crippen LogP contribution in [0.2, 0.25) is 0 Å². The van der Waals surface area contributed by atoms with Gasteiger partial charge in [-0.1, -0.05) is 13.3 Å². The number of anilines is 1. The van der Waals surface area contributed by atoms with Gasteiger partial charge >= 0.3 is 5.69 Å². The predicted octanol–water partition coefficient (Wildman–Crippen LogP) is 1.46. The molecule has 18 heavy (non-hydrogen) atoms. The van der Waals surface area contributed by atoms with E-state index >= 15 is 0 Å². The van der Waals surface area contributed by atoms with E-state index in [9.17, 15) is 10.1 Å². The van der Waals surface area contributed by atoms with Gasteiger partial charge in [0.1, 0.15) is 5.69 Å². The first kappa shape index (κ1) is 14.4. The van der Waals surface area contributed by atoms with Crippen LogP contribution in [0.1, 0.15) is 32.4 Å². The van der Waals surface area contributed by atoms with Crippen LogP contribution in [0.15, 0.2) is 0 Å². The standard InChI is InChI=1S/C11H20N4O3/c1-4-5-9-10(15(17)18)11(14(3)13-9)12-8(2)6-7-16/h8,12,16H,4-7H2,1-3H3. The minimum Gasteiger partial charge on any atom is -0.396 e. The third-order valence-electron chi connectivity index (χ3n) is 2.71. The molecule has 0 aromatic carbocycles. The molecule has 7 nitrogen and oxygen atoms in total. The summed E-state index contributed by atoms with van der Waals surface area (Å²) in [5, 5.41) is 27.2. The molecule has 1 atom stereocenters. The van der Waals surface area contributed by atoms with E-state index in [0.717, 1.165) is 6.42 Å². The lowest BCUT2D eigenvalue weighted by atomic mass is 10.2. The topological polar surface area (TPSA) is 93.2 Å². The molecule has 0 aliphatic carbocycles. The summed E-state index contributed by atoms with van der Waals surface area (Å²) < 4.78 is 1.50. The largest absolute Gasteiger partial charge is 0.396 e. The molecule has 0 fully saturated rings. The van der Waals surface area contributed by atoms with Crippen molar-refractivity contribution in [2.45, 2.75) is 39.2 Å². The third-order valence-corrected chi connectivity index (χ3v) is 2.71. The van der Waals surface area contributed by atoms with E-state index in [-0.39, 0.29) is 18.3 Å². The number of nitrogens with one attached hydrogen (secondary N) is 1. The Kier molecular flexibility index (Phi) is 5.08. The number of aliphatic hydroxyl groups is 1. The van der Waals surface area contributed by atoms with Crippen LogP contribution in [0.4, 0.5) is 11.5 Å². The van der Waals surface area contributed by atoms with E-state index < -0.39 is 4.92 Å². The Morgan fingerprint density at radius 3 is 2.78 bits per heavy atom. The van der Waals surface area contributed by atoms with E-state index in [0.29, 0.717) is 24.4 Å². The molecule has 1 unspecified atom stereocenters. The molecular formula is C11H20N4O3. The fourth-order valence-electron chi connectivity index (χ4n) is 1.83. The second kappa shape index (κ2) is 6.34. The van der Waals surface area contributed by atoms with Crippen molar-refractivity contribution in [1.29, 1.82) is 0 Å². The van der Waals surface area contributed by atoms with Crippen LogP contribution in [0.5, 0.6) is 0 Å². The minimum absolute atomic E-state index is 0.0430. The van der Waals surface area contributed by atoms with Crippen LogP contribution in [0, 0.1) is 10.1 Å². The highest BCUT2D eigenvalue weighted by molar-refractivity contribution is 5.60. The number of aliphatic hydroxyl groups excluding tert-OH is 1. The second-order valence-electron chi connectivity index (χ2n) is 4.33. The van der Waals surface area contributed by atoms with Crippen molar-refractivity contribution in [3.05, 3.63) is 15.8 Å². The first-order valence-corrected chi connectivity index (χ1v) is 6.08. The smallest absolute Gasteiger partial charge is 0.333 e. The Bertz CT molecular complexity index is 417. The van der Waals surface area contributed by atoms with E-state index in [1.54, 1.807) is 7.05 Å². The fourth-order valence-corrected chi connectivity index (χ4v) is 1.83. The Balaban J connectivity index is 3.05. The van der Waals surface area contributed by atoms with Crippen LogP contribution in [-0.4, -0.2) is 32.5 Å². The van der Waals surface area contributed by atoms with Gasteiger partial charge in [0.05, 0.1) is 4.92 Å². The van der Waals surface area contributed by atoms with Crippen molar-refractivity contribution < 1.29 is 10.0 Å². The zero-order valence-corrected chi connectivity index (χ0v) is 11.0. The number of aromatic nitrogens is 2. The molecule has 1 heterocycles. The van der Waals surface area contributed by atoms with Crippen LogP contribution in [0.3, 0.4) is 0 Å². The number of rotatable bonds is 7. The van der Waals surface area contributed by atoms with Gasteiger partial charge in [0, 0.05) is 19.7 Å². The number of hydrogen-bond donors (Lipinski definition) is 2. The molecule has 0 aliphatic rings. The molecule has 0 aliphatic heterocycles. The quantitative estimate of drug-likeness (QED) is 0.569. The minimum atomic E-state index is -0.397. The molecule has 0 spiro atoms. The zero-order chi connectivity index (χ0) is 13.7. The second-order valence-corrected chi connectivity index (χ2v) is 4.33. The summed E-state index contributed by atoms with van der Waals surface area (Å²) in [5.74, 6) is 0.407. The van der Waals surface area contributed by atoms with E-state index in [4.69, 9.17) is 5.11 Å². The lowest BCUT2D eigenvalue weighted by Gasteiger charge is -2.12. The van der Waals surface area contributed by atoms with Crippen molar-refractivity contribution in [3.8, 4) is 0 Å². The summed E-state index contributed by atoms with van der Waals surface area (Å²) in [7, 11) is 1.68. The number of nitrogens with zero attached hydrogens (tertiary/aromatic N) is 3. The molecule has 2 N–H and O–H groups in total. The number of aryl methyl sites for hydroxylation is 2. The molecule has 1 rings (SSSR count). The highest BCUT2D eigenvalue weighted by Gasteiger charge is 2.26. The van der Waals surface area contributed by atoms with Crippen LogP contribution >= 0.6 is 0 Å². The summed E-state index contributed by atoms with van der Waals surface area (Å²) in [5.41, 5.74) is 0.549. The van der Waals surface area contributed by atoms with Crippen LogP contribution in [-0.2, 0) is 13.5 Å². The van der Waals surface area contributed by atoms with Gasteiger partial charge < -0.3 is 10.4 Å². The predicted molar refractivity (Wildman–Crippen MR) is 68.6 cm³/mol. The van der Waals surface area contributed by atoms with Crippen molar-refractivity contribution in [2.24, 2.45) is 7.05 Å². The third kappa shape index (κ3) is 3.19. The lowest BCUT2D eigenvalue weighted by Crippen LogP contribution is -2.19. The summed E-state index contributed by atoms with van der Waals surface area (Å²) in [6.07, 6.45) is 1.93. The van der Waals surface area contributed by atoms with Crippen molar-refractivity contribution >= 4 is 11.5 Å². The first-order chi connectivity index (χ1) is 8.51. The summed E-state index contributed by atoms with van der Waals surface area (Å²) in [6.45, 7) is 3.87. The highest BCUT2D eigenvalue weighted by atomic mass is 16.6.